The quantitative estimate of drug-likeness (QED) is 0.876. The lowest BCUT2D eigenvalue weighted by atomic mass is 10.0. The minimum absolute atomic E-state index is 0.0702. The molecule has 0 unspecified atom stereocenters. The fraction of sp³-hybridized carbons (Fsp3) is 0.222. The first-order valence-electron chi connectivity index (χ1n) is 7.51. The highest BCUT2D eigenvalue weighted by molar-refractivity contribution is 6.12. The Hall–Kier alpha value is -2.89. The van der Waals surface area contributed by atoms with Crippen LogP contribution in [0.25, 0.3) is 0 Å². The van der Waals surface area contributed by atoms with Crippen molar-refractivity contribution >= 4 is 11.7 Å². The average molecular weight is 329 g/mol. The lowest BCUT2D eigenvalue weighted by Gasteiger charge is -2.23. The van der Waals surface area contributed by atoms with Crippen LogP contribution in [-0.2, 0) is 11.2 Å². The van der Waals surface area contributed by atoms with E-state index in [4.69, 9.17) is 4.42 Å². The molecule has 1 aromatic heterocycles. The average Bonchev–Trinajstić information content (AvgIpc) is 3.03. The van der Waals surface area contributed by atoms with Gasteiger partial charge in [0.15, 0.2) is 11.5 Å². The molecule has 1 amide bonds. The Kier molecular flexibility index (Phi) is 4.20. The van der Waals surface area contributed by atoms with Crippen molar-refractivity contribution < 1.29 is 23.5 Å². The number of nitrogens with zero attached hydrogens (tertiary/aromatic N) is 1. The highest BCUT2D eigenvalue weighted by Crippen LogP contribution is 2.23. The number of ketones is 1. The van der Waals surface area contributed by atoms with E-state index in [1.165, 1.54) is 23.1 Å². The second-order valence-corrected chi connectivity index (χ2v) is 5.70. The minimum Gasteiger partial charge on any atom is -0.503 e. The van der Waals surface area contributed by atoms with E-state index in [0.29, 0.717) is 18.7 Å². The van der Waals surface area contributed by atoms with Crippen molar-refractivity contribution in [3.63, 3.8) is 0 Å². The molecule has 1 aromatic carbocycles. The first-order valence-corrected chi connectivity index (χ1v) is 7.51. The zero-order valence-corrected chi connectivity index (χ0v) is 13.1. The van der Waals surface area contributed by atoms with Gasteiger partial charge in [0.1, 0.15) is 11.6 Å². The standard InChI is InChI=1S/C18H16FNO4/c1-20-9-8-14(17(22)18(20)23)16(21)15-7-6-13(24-15)10-11-2-4-12(19)5-3-11/h2-7,22H,8-10H2,1H3. The van der Waals surface area contributed by atoms with Gasteiger partial charge in [0.25, 0.3) is 5.91 Å². The Bertz CT molecular complexity index is 820. The molecule has 6 heteroatoms. The summed E-state index contributed by atoms with van der Waals surface area (Å²) in [4.78, 5) is 25.5. The first-order chi connectivity index (χ1) is 11.5. The summed E-state index contributed by atoms with van der Waals surface area (Å²) in [6.45, 7) is 0.368. The van der Waals surface area contributed by atoms with Crippen molar-refractivity contribution in [3.8, 4) is 0 Å². The molecule has 24 heavy (non-hydrogen) atoms. The molecule has 0 fully saturated rings. The summed E-state index contributed by atoms with van der Waals surface area (Å²) in [6, 6.07) is 9.18. The molecule has 0 saturated carbocycles. The number of aliphatic hydroxyl groups is 1. The molecule has 1 aliphatic rings. The number of Topliss-reactive ketones (excluding diaryl/α,β-unsaturated/α-hetero) is 1. The Morgan fingerprint density at radius 2 is 1.96 bits per heavy atom. The van der Waals surface area contributed by atoms with E-state index < -0.39 is 17.4 Å². The molecule has 0 bridgehead atoms. The van der Waals surface area contributed by atoms with Crippen LogP contribution >= 0.6 is 0 Å². The van der Waals surface area contributed by atoms with Crippen molar-refractivity contribution in [2.75, 3.05) is 13.6 Å². The van der Waals surface area contributed by atoms with Crippen LogP contribution in [0.3, 0.4) is 0 Å². The maximum Gasteiger partial charge on any atom is 0.288 e. The van der Waals surface area contributed by atoms with Crippen LogP contribution in [0.15, 0.2) is 52.1 Å². The number of amides is 1. The highest BCUT2D eigenvalue weighted by Gasteiger charge is 2.30. The van der Waals surface area contributed by atoms with Gasteiger partial charge in [-0.05, 0) is 36.2 Å². The Balaban J connectivity index is 1.79. The smallest absolute Gasteiger partial charge is 0.288 e. The molecule has 2 heterocycles. The molecule has 5 nitrogen and oxygen atoms in total. The van der Waals surface area contributed by atoms with Gasteiger partial charge < -0.3 is 14.4 Å². The molecule has 124 valence electrons. The molecule has 0 atom stereocenters. The van der Waals surface area contributed by atoms with E-state index in [9.17, 15) is 19.1 Å². The molecular formula is C18H16FNO4. The number of hydrogen-bond donors (Lipinski definition) is 1. The summed E-state index contributed by atoms with van der Waals surface area (Å²) in [7, 11) is 1.56. The summed E-state index contributed by atoms with van der Waals surface area (Å²) in [5.74, 6) is -1.27. The lowest BCUT2D eigenvalue weighted by Crippen LogP contribution is -2.35. The molecule has 0 saturated heterocycles. The van der Waals surface area contributed by atoms with Crippen LogP contribution in [0.5, 0.6) is 0 Å². The number of carbonyl (C=O) groups excluding carboxylic acids is 2. The minimum atomic E-state index is -0.567. The van der Waals surface area contributed by atoms with E-state index in [1.807, 2.05) is 0 Å². The van der Waals surface area contributed by atoms with Gasteiger partial charge >= 0.3 is 0 Å². The fourth-order valence-corrected chi connectivity index (χ4v) is 2.58. The van der Waals surface area contributed by atoms with Gasteiger partial charge in [0.05, 0.1) is 5.57 Å². The van der Waals surface area contributed by atoms with E-state index in [0.717, 1.165) is 5.56 Å². The number of furan rings is 1. The SMILES string of the molecule is CN1CCC(C(=O)c2ccc(Cc3ccc(F)cc3)o2)=C(O)C1=O. The molecule has 2 aromatic rings. The molecule has 0 spiro atoms. The highest BCUT2D eigenvalue weighted by atomic mass is 19.1. The number of carbonyl (C=O) groups is 2. The van der Waals surface area contributed by atoms with E-state index in [-0.39, 0.29) is 23.6 Å². The first kappa shape index (κ1) is 16.0. The Morgan fingerprint density at radius 1 is 1.25 bits per heavy atom. The van der Waals surface area contributed by atoms with Crippen molar-refractivity contribution in [2.24, 2.45) is 0 Å². The van der Waals surface area contributed by atoms with Crippen LogP contribution in [0.1, 0.15) is 28.3 Å². The Morgan fingerprint density at radius 3 is 2.67 bits per heavy atom. The van der Waals surface area contributed by atoms with Gasteiger partial charge in [0.2, 0.25) is 5.78 Å². The molecule has 0 radical (unpaired) electrons. The van der Waals surface area contributed by atoms with Crippen LogP contribution < -0.4 is 0 Å². The summed E-state index contributed by atoms with van der Waals surface area (Å²) in [5, 5.41) is 9.90. The number of aliphatic hydroxyl groups excluding tert-OH is 1. The Labute approximate surface area is 138 Å². The van der Waals surface area contributed by atoms with Gasteiger partial charge in [-0.2, -0.15) is 0 Å². The summed E-state index contributed by atoms with van der Waals surface area (Å²) >= 11 is 0. The van der Waals surface area contributed by atoms with E-state index >= 15 is 0 Å². The van der Waals surface area contributed by atoms with Gasteiger partial charge in [-0.1, -0.05) is 12.1 Å². The molecular weight excluding hydrogens is 313 g/mol. The summed E-state index contributed by atoms with van der Waals surface area (Å²) in [5.41, 5.74) is 0.919. The molecule has 0 aliphatic carbocycles. The van der Waals surface area contributed by atoms with Crippen LogP contribution in [0, 0.1) is 5.82 Å². The zero-order chi connectivity index (χ0) is 17.3. The maximum atomic E-state index is 12.9. The monoisotopic (exact) mass is 329 g/mol. The van der Waals surface area contributed by atoms with Crippen LogP contribution in [-0.4, -0.2) is 35.3 Å². The summed E-state index contributed by atoms with van der Waals surface area (Å²) < 4.78 is 18.4. The van der Waals surface area contributed by atoms with Gasteiger partial charge in [-0.3, -0.25) is 9.59 Å². The van der Waals surface area contributed by atoms with Crippen molar-refractivity contribution in [2.45, 2.75) is 12.8 Å². The van der Waals surface area contributed by atoms with Gasteiger partial charge in [-0.15, -0.1) is 0 Å². The van der Waals surface area contributed by atoms with Gasteiger partial charge in [-0.25, -0.2) is 4.39 Å². The predicted molar refractivity (Wildman–Crippen MR) is 84.2 cm³/mol. The predicted octanol–water partition coefficient (Wildman–Crippen LogP) is 2.87. The normalized spacial score (nSPS) is 15.1. The molecule has 1 aliphatic heterocycles. The number of hydrogen-bond acceptors (Lipinski definition) is 4. The number of halogens is 1. The number of rotatable bonds is 4. The largest absolute Gasteiger partial charge is 0.503 e. The number of likely N-dealkylation sites (N-methyl/N-ethyl adjacent to an activating group) is 1. The van der Waals surface area contributed by atoms with Gasteiger partial charge in [0, 0.05) is 20.0 Å². The number of benzene rings is 1. The van der Waals surface area contributed by atoms with Crippen molar-refractivity contribution in [3.05, 3.63) is 70.6 Å². The zero-order valence-electron chi connectivity index (χ0n) is 13.1. The maximum absolute atomic E-state index is 12.9. The third-order valence-electron chi connectivity index (χ3n) is 3.98. The molecule has 3 rings (SSSR count). The van der Waals surface area contributed by atoms with Crippen LogP contribution in [0.2, 0.25) is 0 Å². The molecule has 1 N–H and O–H groups in total. The summed E-state index contributed by atoms with van der Waals surface area (Å²) in [6.07, 6.45) is 0.696. The van der Waals surface area contributed by atoms with Crippen molar-refractivity contribution in [1.29, 1.82) is 0 Å². The van der Waals surface area contributed by atoms with Crippen LogP contribution in [0.4, 0.5) is 4.39 Å². The fourth-order valence-electron chi connectivity index (χ4n) is 2.58. The van der Waals surface area contributed by atoms with Crippen molar-refractivity contribution in [1.82, 2.24) is 4.90 Å². The topological polar surface area (TPSA) is 70.8 Å². The van der Waals surface area contributed by atoms with E-state index in [1.54, 1.807) is 25.2 Å². The second-order valence-electron chi connectivity index (χ2n) is 5.70. The lowest BCUT2D eigenvalue weighted by molar-refractivity contribution is -0.129. The third-order valence-corrected chi connectivity index (χ3v) is 3.98. The second kappa shape index (κ2) is 6.31. The third kappa shape index (κ3) is 3.08. The van der Waals surface area contributed by atoms with E-state index in [2.05, 4.69) is 0 Å².